The minimum Gasteiger partial charge on any atom is -0.460 e. The molecular weight excluding hydrogens is 356 g/mol. The molecule has 0 aliphatic carbocycles. The van der Waals surface area contributed by atoms with Gasteiger partial charge in [-0.3, -0.25) is 0 Å². The number of benzene rings is 2. The monoisotopic (exact) mass is 382 g/mol. The molecule has 1 unspecified atom stereocenters. The number of nitrogens with zero attached hydrogens (tertiary/aromatic N) is 3. The standard InChI is InChI=1S/C21H26N4O3/c1-15-6-4-5-7-19(15)20-23-21(28-13-12-27-3)24-25(20)18-10-8-17(9-11-18)22-14-16(2)26/h4-11,16,22,26H,12-14H2,1-3H3. The normalized spacial score (nSPS) is 12.0. The summed E-state index contributed by atoms with van der Waals surface area (Å²) in [5.41, 5.74) is 3.90. The van der Waals surface area contributed by atoms with Crippen LogP contribution in [-0.2, 0) is 4.74 Å². The van der Waals surface area contributed by atoms with Crippen molar-refractivity contribution in [2.24, 2.45) is 0 Å². The highest BCUT2D eigenvalue weighted by atomic mass is 16.5. The van der Waals surface area contributed by atoms with Gasteiger partial charge in [0.2, 0.25) is 0 Å². The number of hydrogen-bond donors (Lipinski definition) is 2. The molecule has 0 spiro atoms. The van der Waals surface area contributed by atoms with Crippen LogP contribution in [0.3, 0.4) is 0 Å². The molecule has 0 bridgehead atoms. The molecule has 28 heavy (non-hydrogen) atoms. The molecule has 0 saturated carbocycles. The summed E-state index contributed by atoms with van der Waals surface area (Å²) in [6.07, 6.45) is -0.408. The summed E-state index contributed by atoms with van der Waals surface area (Å²) in [6, 6.07) is 16.2. The molecule has 1 atom stereocenters. The lowest BCUT2D eigenvalue weighted by molar-refractivity contribution is 0.141. The van der Waals surface area contributed by atoms with Gasteiger partial charge in [-0.1, -0.05) is 24.3 Å². The smallest absolute Gasteiger partial charge is 0.336 e. The lowest BCUT2D eigenvalue weighted by Gasteiger charge is -2.11. The van der Waals surface area contributed by atoms with E-state index in [1.165, 1.54) is 0 Å². The fraction of sp³-hybridized carbons (Fsp3) is 0.333. The third kappa shape index (κ3) is 4.88. The largest absolute Gasteiger partial charge is 0.460 e. The molecule has 0 radical (unpaired) electrons. The van der Waals surface area contributed by atoms with E-state index in [0.717, 1.165) is 28.3 Å². The number of hydrogen-bond acceptors (Lipinski definition) is 6. The van der Waals surface area contributed by atoms with E-state index in [1.807, 2.05) is 55.5 Å². The van der Waals surface area contributed by atoms with Crippen molar-refractivity contribution in [3.63, 3.8) is 0 Å². The Bertz CT molecular complexity index is 891. The lowest BCUT2D eigenvalue weighted by atomic mass is 10.1. The molecule has 0 aliphatic rings. The molecule has 148 valence electrons. The van der Waals surface area contributed by atoms with E-state index in [4.69, 9.17) is 9.47 Å². The predicted molar refractivity (Wildman–Crippen MR) is 109 cm³/mol. The molecule has 0 amide bonds. The number of ether oxygens (including phenoxy) is 2. The SMILES string of the molecule is COCCOc1nc(-c2ccccc2C)n(-c2ccc(NCC(C)O)cc2)n1. The van der Waals surface area contributed by atoms with E-state index in [2.05, 4.69) is 15.4 Å². The first kappa shape index (κ1) is 19.9. The maximum absolute atomic E-state index is 9.42. The maximum atomic E-state index is 9.42. The summed E-state index contributed by atoms with van der Waals surface area (Å²) in [7, 11) is 1.63. The van der Waals surface area contributed by atoms with Gasteiger partial charge in [0.1, 0.15) is 6.61 Å². The molecule has 3 aromatic rings. The fourth-order valence-electron chi connectivity index (χ4n) is 2.73. The fourth-order valence-corrected chi connectivity index (χ4v) is 2.73. The van der Waals surface area contributed by atoms with Crippen LogP contribution in [0.1, 0.15) is 12.5 Å². The molecule has 0 saturated heterocycles. The van der Waals surface area contributed by atoms with Gasteiger partial charge in [0.15, 0.2) is 5.82 Å². The van der Waals surface area contributed by atoms with Crippen molar-refractivity contribution in [2.75, 3.05) is 32.2 Å². The topological polar surface area (TPSA) is 81.4 Å². The van der Waals surface area contributed by atoms with E-state index in [9.17, 15) is 5.11 Å². The van der Waals surface area contributed by atoms with E-state index in [0.29, 0.717) is 25.8 Å². The van der Waals surface area contributed by atoms with Crippen molar-refractivity contribution in [3.8, 4) is 23.1 Å². The van der Waals surface area contributed by atoms with Gasteiger partial charge in [0.25, 0.3) is 0 Å². The van der Waals surface area contributed by atoms with Crippen LogP contribution in [0, 0.1) is 6.92 Å². The summed E-state index contributed by atoms with van der Waals surface area (Å²) in [4.78, 5) is 4.60. The zero-order chi connectivity index (χ0) is 19.9. The highest BCUT2D eigenvalue weighted by Crippen LogP contribution is 2.26. The van der Waals surface area contributed by atoms with Crippen molar-refractivity contribution >= 4 is 5.69 Å². The third-order valence-corrected chi connectivity index (χ3v) is 4.21. The first-order valence-electron chi connectivity index (χ1n) is 9.25. The molecule has 2 N–H and O–H groups in total. The third-order valence-electron chi connectivity index (χ3n) is 4.21. The molecule has 2 aromatic carbocycles. The summed E-state index contributed by atoms with van der Waals surface area (Å²) in [5.74, 6) is 0.718. The first-order valence-corrected chi connectivity index (χ1v) is 9.25. The average Bonchev–Trinajstić information content (AvgIpc) is 3.11. The number of anilines is 1. The number of aliphatic hydroxyl groups is 1. The Hall–Kier alpha value is -2.90. The van der Waals surface area contributed by atoms with Gasteiger partial charge in [0, 0.05) is 24.9 Å². The number of aryl methyl sites for hydroxylation is 1. The summed E-state index contributed by atoms with van der Waals surface area (Å²) >= 11 is 0. The highest BCUT2D eigenvalue weighted by molar-refractivity contribution is 5.63. The van der Waals surface area contributed by atoms with Gasteiger partial charge in [-0.2, -0.15) is 4.98 Å². The summed E-state index contributed by atoms with van der Waals surface area (Å²) in [5, 5.41) is 17.1. The Kier molecular flexibility index (Phi) is 6.62. The van der Waals surface area contributed by atoms with Crippen LogP contribution in [-0.4, -0.2) is 52.8 Å². The first-order chi connectivity index (χ1) is 13.6. The van der Waals surface area contributed by atoms with Crippen LogP contribution >= 0.6 is 0 Å². The van der Waals surface area contributed by atoms with Crippen LogP contribution in [0.2, 0.25) is 0 Å². The Balaban J connectivity index is 1.93. The Morgan fingerprint density at radius 1 is 1.11 bits per heavy atom. The van der Waals surface area contributed by atoms with Crippen molar-refractivity contribution in [1.29, 1.82) is 0 Å². The molecule has 1 aromatic heterocycles. The van der Waals surface area contributed by atoms with Crippen LogP contribution in [0.25, 0.3) is 17.1 Å². The van der Waals surface area contributed by atoms with Gasteiger partial charge in [-0.25, -0.2) is 4.68 Å². The van der Waals surface area contributed by atoms with Gasteiger partial charge in [0.05, 0.1) is 18.4 Å². The van der Waals surface area contributed by atoms with Crippen LogP contribution in [0.5, 0.6) is 6.01 Å². The minimum absolute atomic E-state index is 0.312. The number of methoxy groups -OCH3 is 1. The molecule has 7 nitrogen and oxygen atoms in total. The number of nitrogens with one attached hydrogen (secondary N) is 1. The van der Waals surface area contributed by atoms with E-state index in [-0.39, 0.29) is 0 Å². The van der Waals surface area contributed by atoms with E-state index in [1.54, 1.807) is 18.7 Å². The Morgan fingerprint density at radius 2 is 1.86 bits per heavy atom. The Labute approximate surface area is 164 Å². The van der Waals surface area contributed by atoms with Gasteiger partial charge >= 0.3 is 6.01 Å². The molecule has 3 rings (SSSR count). The second kappa shape index (κ2) is 9.34. The zero-order valence-electron chi connectivity index (χ0n) is 16.4. The van der Waals surface area contributed by atoms with Crippen molar-refractivity contribution in [2.45, 2.75) is 20.0 Å². The maximum Gasteiger partial charge on any atom is 0.336 e. The van der Waals surface area contributed by atoms with Crippen LogP contribution < -0.4 is 10.1 Å². The molecule has 0 aliphatic heterocycles. The number of aromatic nitrogens is 3. The van der Waals surface area contributed by atoms with Gasteiger partial charge in [-0.15, -0.1) is 5.10 Å². The molecule has 0 fully saturated rings. The van der Waals surface area contributed by atoms with E-state index >= 15 is 0 Å². The lowest BCUT2D eigenvalue weighted by Crippen LogP contribution is -2.15. The summed E-state index contributed by atoms with van der Waals surface area (Å²) < 4.78 is 12.4. The van der Waals surface area contributed by atoms with Crippen molar-refractivity contribution in [1.82, 2.24) is 14.8 Å². The minimum atomic E-state index is -0.408. The quantitative estimate of drug-likeness (QED) is 0.554. The average molecular weight is 382 g/mol. The molecule has 7 heteroatoms. The van der Waals surface area contributed by atoms with Gasteiger partial charge in [-0.05, 0) is 43.7 Å². The van der Waals surface area contributed by atoms with E-state index < -0.39 is 6.10 Å². The van der Waals surface area contributed by atoms with Crippen molar-refractivity contribution in [3.05, 3.63) is 54.1 Å². The molecule has 1 heterocycles. The number of aliphatic hydroxyl groups excluding tert-OH is 1. The van der Waals surface area contributed by atoms with Gasteiger partial charge < -0.3 is 19.9 Å². The second-order valence-corrected chi connectivity index (χ2v) is 6.56. The Morgan fingerprint density at radius 3 is 2.54 bits per heavy atom. The molecular formula is C21H26N4O3. The summed E-state index contributed by atoms with van der Waals surface area (Å²) in [6.45, 7) is 5.14. The van der Waals surface area contributed by atoms with Crippen LogP contribution in [0.4, 0.5) is 5.69 Å². The second-order valence-electron chi connectivity index (χ2n) is 6.56. The zero-order valence-corrected chi connectivity index (χ0v) is 16.4. The van der Waals surface area contributed by atoms with Crippen molar-refractivity contribution < 1.29 is 14.6 Å². The highest BCUT2D eigenvalue weighted by Gasteiger charge is 2.16. The van der Waals surface area contributed by atoms with Crippen LogP contribution in [0.15, 0.2) is 48.5 Å². The predicted octanol–water partition coefficient (Wildman–Crippen LogP) is 3.06. The number of rotatable bonds is 9.